The molecule has 0 spiro atoms. The number of carboxylic acids is 1. The van der Waals surface area contributed by atoms with Gasteiger partial charge in [0.2, 0.25) is 16.9 Å². The summed E-state index contributed by atoms with van der Waals surface area (Å²) in [4.78, 5) is 45.8. The molecule has 0 aromatic carbocycles. The van der Waals surface area contributed by atoms with Crippen LogP contribution < -0.4 is 15.1 Å². The highest BCUT2D eigenvalue weighted by Crippen LogP contribution is 2.40. The second-order valence-electron chi connectivity index (χ2n) is 8.15. The maximum atomic E-state index is 13.4. The summed E-state index contributed by atoms with van der Waals surface area (Å²) >= 11 is 1.01. The normalized spacial score (nSPS) is 18.5. The zero-order chi connectivity index (χ0) is 22.9. The summed E-state index contributed by atoms with van der Waals surface area (Å²) in [6, 6.07) is 5.53. The Morgan fingerprint density at radius 2 is 2.03 bits per heavy atom. The summed E-state index contributed by atoms with van der Waals surface area (Å²) in [6.07, 6.45) is 9.55. The van der Waals surface area contributed by atoms with Crippen LogP contribution in [0.15, 0.2) is 36.8 Å². The van der Waals surface area contributed by atoms with Crippen molar-refractivity contribution in [3.63, 3.8) is 0 Å². The van der Waals surface area contributed by atoms with Crippen LogP contribution in [-0.4, -0.2) is 56.1 Å². The van der Waals surface area contributed by atoms with E-state index >= 15 is 0 Å². The third-order valence-electron chi connectivity index (χ3n) is 6.08. The van der Waals surface area contributed by atoms with Gasteiger partial charge < -0.3 is 20.2 Å². The minimum absolute atomic E-state index is 0.00193. The fraction of sp³-hybridized carbons (Fsp3) is 0.364. The zero-order valence-electron chi connectivity index (χ0n) is 18.0. The van der Waals surface area contributed by atoms with Gasteiger partial charge in [0.05, 0.1) is 12.4 Å². The van der Waals surface area contributed by atoms with Crippen LogP contribution in [0.3, 0.4) is 0 Å². The van der Waals surface area contributed by atoms with Crippen molar-refractivity contribution in [1.29, 1.82) is 0 Å². The Hall–Kier alpha value is -3.60. The molecule has 1 fully saturated rings. The number of carbonyl (C=O) groups is 2. The van der Waals surface area contributed by atoms with Crippen molar-refractivity contribution in [1.82, 2.24) is 19.9 Å². The molecule has 0 bridgehead atoms. The molecule has 11 heteroatoms. The lowest BCUT2D eigenvalue weighted by Gasteiger charge is -2.43. The number of hydrogen-bond acceptors (Lipinski definition) is 9. The van der Waals surface area contributed by atoms with Crippen LogP contribution in [0.5, 0.6) is 0 Å². The molecule has 0 unspecified atom stereocenters. The standard InChI is InChI=1S/C22H23N7O3S/c1-28-16-11-25-22(26-17-12-24-19(33-17)21(31)32)27-18(16)29(14-7-2-3-8-14)15(20(28)30)10-13-6-4-5-9-23-13/h4-6,9,11-12,14-15H,2-3,7-8,10H2,1H3,(H,31,32)(H,25,26,27)/t15-/m1/s1. The summed E-state index contributed by atoms with van der Waals surface area (Å²) in [5.74, 6) is -0.0516. The molecule has 0 radical (unpaired) electrons. The third-order valence-corrected chi connectivity index (χ3v) is 6.98. The van der Waals surface area contributed by atoms with Gasteiger partial charge in [-0.1, -0.05) is 30.2 Å². The van der Waals surface area contributed by atoms with E-state index in [1.165, 1.54) is 6.20 Å². The molecule has 3 aromatic heterocycles. The van der Waals surface area contributed by atoms with Gasteiger partial charge in [-0.2, -0.15) is 4.98 Å². The molecule has 2 aliphatic rings. The van der Waals surface area contributed by atoms with Crippen LogP contribution in [0.2, 0.25) is 0 Å². The molecule has 3 aromatic rings. The topological polar surface area (TPSA) is 124 Å². The van der Waals surface area contributed by atoms with Gasteiger partial charge >= 0.3 is 5.97 Å². The number of nitrogens with one attached hydrogen (secondary N) is 1. The Morgan fingerprint density at radius 3 is 2.73 bits per heavy atom. The monoisotopic (exact) mass is 465 g/mol. The first-order valence-electron chi connectivity index (χ1n) is 10.8. The van der Waals surface area contributed by atoms with E-state index in [-0.39, 0.29) is 17.0 Å². The number of aromatic nitrogens is 4. The quantitative estimate of drug-likeness (QED) is 0.565. The summed E-state index contributed by atoms with van der Waals surface area (Å²) in [5, 5.41) is 12.7. The number of likely N-dealkylation sites (N-methyl/N-ethyl adjacent to an activating group) is 1. The van der Waals surface area contributed by atoms with Gasteiger partial charge in [-0.3, -0.25) is 9.78 Å². The number of amides is 1. The summed E-state index contributed by atoms with van der Waals surface area (Å²) in [7, 11) is 1.75. The van der Waals surface area contributed by atoms with Gasteiger partial charge in [0.25, 0.3) is 0 Å². The van der Waals surface area contributed by atoms with Crippen molar-refractivity contribution in [3.05, 3.63) is 47.5 Å². The average Bonchev–Trinajstić information content (AvgIpc) is 3.51. The van der Waals surface area contributed by atoms with Crippen molar-refractivity contribution in [2.45, 2.75) is 44.2 Å². The fourth-order valence-corrected chi connectivity index (χ4v) is 5.16. The molecule has 1 atom stereocenters. The largest absolute Gasteiger partial charge is 0.476 e. The van der Waals surface area contributed by atoms with Gasteiger partial charge in [-0.05, 0) is 25.0 Å². The molecule has 1 aliphatic heterocycles. The van der Waals surface area contributed by atoms with E-state index in [9.17, 15) is 9.59 Å². The minimum atomic E-state index is -1.08. The molecule has 170 valence electrons. The first-order valence-corrected chi connectivity index (χ1v) is 11.6. The van der Waals surface area contributed by atoms with Gasteiger partial charge in [0.15, 0.2) is 5.82 Å². The zero-order valence-corrected chi connectivity index (χ0v) is 18.8. The average molecular weight is 466 g/mol. The van der Waals surface area contributed by atoms with Crippen LogP contribution in [0, 0.1) is 0 Å². The highest BCUT2D eigenvalue weighted by Gasteiger charge is 2.42. The van der Waals surface area contributed by atoms with E-state index in [0.717, 1.165) is 42.7 Å². The molecule has 0 saturated heterocycles. The highest BCUT2D eigenvalue weighted by atomic mass is 32.1. The lowest BCUT2D eigenvalue weighted by atomic mass is 10.0. The SMILES string of the molecule is CN1C(=O)[C@@H](Cc2ccccn2)N(C2CCCC2)c2nc(Nc3cnc(C(=O)O)s3)ncc21. The van der Waals surface area contributed by atoms with E-state index in [1.54, 1.807) is 24.3 Å². The number of aromatic carboxylic acids is 1. The lowest BCUT2D eigenvalue weighted by Crippen LogP contribution is -2.57. The Kier molecular flexibility index (Phi) is 5.63. The summed E-state index contributed by atoms with van der Waals surface area (Å²) < 4.78 is 0. The first-order chi connectivity index (χ1) is 16.0. The van der Waals surface area contributed by atoms with Crippen molar-refractivity contribution >= 4 is 45.7 Å². The number of rotatable bonds is 6. The molecular formula is C22H23N7O3S. The van der Waals surface area contributed by atoms with Crippen molar-refractivity contribution < 1.29 is 14.7 Å². The smallest absolute Gasteiger partial charge is 0.365 e. The third kappa shape index (κ3) is 4.11. The molecule has 4 heterocycles. The summed E-state index contributed by atoms with van der Waals surface area (Å²) in [5.41, 5.74) is 1.51. The van der Waals surface area contributed by atoms with E-state index in [4.69, 9.17) is 10.1 Å². The Balaban J connectivity index is 1.52. The van der Waals surface area contributed by atoms with Gasteiger partial charge in [0.1, 0.15) is 16.7 Å². The Morgan fingerprint density at radius 1 is 1.21 bits per heavy atom. The Bertz CT molecular complexity index is 1180. The maximum Gasteiger partial charge on any atom is 0.365 e. The van der Waals surface area contributed by atoms with Crippen LogP contribution >= 0.6 is 11.3 Å². The first kappa shape index (κ1) is 21.3. The predicted molar refractivity (Wildman–Crippen MR) is 124 cm³/mol. The second kappa shape index (κ2) is 8.74. The number of pyridine rings is 1. The van der Waals surface area contributed by atoms with E-state index < -0.39 is 12.0 Å². The van der Waals surface area contributed by atoms with E-state index in [2.05, 4.69) is 25.2 Å². The van der Waals surface area contributed by atoms with Gasteiger partial charge in [-0.25, -0.2) is 14.8 Å². The molecular weight excluding hydrogens is 442 g/mol. The van der Waals surface area contributed by atoms with Crippen molar-refractivity contribution in [2.75, 3.05) is 22.2 Å². The number of carboxylic acid groups (broad SMARTS) is 1. The number of hydrogen-bond donors (Lipinski definition) is 2. The Labute approximate surface area is 194 Å². The van der Waals surface area contributed by atoms with Crippen LogP contribution in [0.25, 0.3) is 0 Å². The number of fused-ring (bicyclic) bond motifs is 1. The molecule has 33 heavy (non-hydrogen) atoms. The highest BCUT2D eigenvalue weighted by molar-refractivity contribution is 7.17. The van der Waals surface area contributed by atoms with E-state index in [0.29, 0.717) is 28.9 Å². The molecule has 5 rings (SSSR count). The molecule has 1 saturated carbocycles. The molecule has 2 N–H and O–H groups in total. The minimum Gasteiger partial charge on any atom is -0.476 e. The van der Waals surface area contributed by atoms with Crippen LogP contribution in [-0.2, 0) is 11.2 Å². The maximum absolute atomic E-state index is 13.4. The van der Waals surface area contributed by atoms with Crippen LogP contribution in [0.4, 0.5) is 22.5 Å². The number of anilines is 4. The number of thiazole rings is 1. The van der Waals surface area contributed by atoms with Gasteiger partial charge in [-0.15, -0.1) is 0 Å². The van der Waals surface area contributed by atoms with Crippen molar-refractivity contribution in [2.24, 2.45) is 0 Å². The fourth-order valence-electron chi connectivity index (χ4n) is 4.52. The summed E-state index contributed by atoms with van der Waals surface area (Å²) in [6.45, 7) is 0. The molecule has 1 aliphatic carbocycles. The molecule has 10 nitrogen and oxygen atoms in total. The number of nitrogens with zero attached hydrogens (tertiary/aromatic N) is 6. The van der Waals surface area contributed by atoms with Crippen LogP contribution in [0.1, 0.15) is 41.2 Å². The van der Waals surface area contributed by atoms with Gasteiger partial charge in [0, 0.05) is 31.4 Å². The van der Waals surface area contributed by atoms with Crippen molar-refractivity contribution in [3.8, 4) is 0 Å². The lowest BCUT2D eigenvalue weighted by molar-refractivity contribution is -0.120. The predicted octanol–water partition coefficient (Wildman–Crippen LogP) is 3.11. The number of carbonyl (C=O) groups excluding carboxylic acids is 1. The van der Waals surface area contributed by atoms with E-state index in [1.807, 2.05) is 18.2 Å². The second-order valence-corrected chi connectivity index (χ2v) is 9.18. The molecule has 1 amide bonds.